The number of halogens is 2. The van der Waals surface area contributed by atoms with Crippen molar-refractivity contribution in [3.63, 3.8) is 0 Å². The van der Waals surface area contributed by atoms with Crippen molar-refractivity contribution in [1.82, 2.24) is 0 Å². The molecule has 0 aromatic heterocycles. The van der Waals surface area contributed by atoms with E-state index in [0.29, 0.717) is 16.5 Å². The van der Waals surface area contributed by atoms with Gasteiger partial charge < -0.3 is 10.1 Å². The number of anilines is 1. The van der Waals surface area contributed by atoms with Crippen LogP contribution in [0.5, 0.6) is 5.75 Å². The number of hydrogen-bond acceptors (Lipinski definition) is 3. The van der Waals surface area contributed by atoms with Gasteiger partial charge in [-0.1, -0.05) is 27.5 Å². The topological polar surface area (TPSA) is 38.3 Å². The maximum absolute atomic E-state index is 11.9. The molecule has 6 heteroatoms. The molecule has 22 heavy (non-hydrogen) atoms. The van der Waals surface area contributed by atoms with Crippen molar-refractivity contribution in [2.24, 2.45) is 0 Å². The second kappa shape index (κ2) is 8.46. The molecule has 2 aromatic carbocycles. The first-order chi connectivity index (χ1) is 10.6. The SMILES string of the molecule is COc1ccc(Cl)cc1CSCC(=O)Nc1ccc(Br)cc1. The highest BCUT2D eigenvalue weighted by Gasteiger charge is 2.07. The van der Waals surface area contributed by atoms with Crippen LogP contribution in [-0.2, 0) is 10.5 Å². The van der Waals surface area contributed by atoms with Gasteiger partial charge >= 0.3 is 0 Å². The van der Waals surface area contributed by atoms with Crippen molar-refractivity contribution in [3.8, 4) is 5.75 Å². The van der Waals surface area contributed by atoms with Crippen LogP contribution in [0, 0.1) is 0 Å². The van der Waals surface area contributed by atoms with E-state index in [9.17, 15) is 4.79 Å². The summed E-state index contributed by atoms with van der Waals surface area (Å²) in [5.41, 5.74) is 1.77. The van der Waals surface area contributed by atoms with Gasteiger partial charge in [0.1, 0.15) is 5.75 Å². The molecule has 116 valence electrons. The standard InChI is InChI=1S/C16H15BrClNO2S/c1-21-15-7-4-13(18)8-11(15)9-22-10-16(20)19-14-5-2-12(17)3-6-14/h2-8H,9-10H2,1H3,(H,19,20). The first kappa shape index (κ1) is 17.2. The number of ether oxygens (including phenoxy) is 1. The molecule has 0 saturated carbocycles. The molecule has 0 bridgehead atoms. The van der Waals surface area contributed by atoms with Crippen LogP contribution in [0.2, 0.25) is 5.02 Å². The van der Waals surface area contributed by atoms with E-state index >= 15 is 0 Å². The second-order valence-electron chi connectivity index (χ2n) is 4.50. The Kier molecular flexibility index (Phi) is 6.61. The molecule has 2 aromatic rings. The lowest BCUT2D eigenvalue weighted by Crippen LogP contribution is -2.14. The minimum absolute atomic E-state index is 0.0340. The molecule has 0 aliphatic rings. The van der Waals surface area contributed by atoms with Gasteiger partial charge in [0.15, 0.2) is 0 Å². The summed E-state index contributed by atoms with van der Waals surface area (Å²) in [5, 5.41) is 3.52. The Balaban J connectivity index is 1.84. The molecule has 3 nitrogen and oxygen atoms in total. The van der Waals surface area contributed by atoms with Crippen LogP contribution in [0.4, 0.5) is 5.69 Å². The minimum atomic E-state index is -0.0340. The van der Waals surface area contributed by atoms with Crippen LogP contribution in [0.15, 0.2) is 46.9 Å². The van der Waals surface area contributed by atoms with E-state index in [1.807, 2.05) is 36.4 Å². The number of carbonyl (C=O) groups excluding carboxylic acids is 1. The second-order valence-corrected chi connectivity index (χ2v) is 6.84. The van der Waals surface area contributed by atoms with Gasteiger partial charge in [0.05, 0.1) is 12.9 Å². The maximum atomic E-state index is 11.9. The Bertz CT molecular complexity index is 649. The zero-order valence-corrected chi connectivity index (χ0v) is 15.1. The molecule has 1 N–H and O–H groups in total. The lowest BCUT2D eigenvalue weighted by molar-refractivity contribution is -0.113. The summed E-state index contributed by atoms with van der Waals surface area (Å²) in [5.74, 6) is 1.78. The maximum Gasteiger partial charge on any atom is 0.234 e. The van der Waals surface area contributed by atoms with Crippen molar-refractivity contribution in [2.75, 3.05) is 18.2 Å². The Morgan fingerprint density at radius 1 is 1.27 bits per heavy atom. The number of thioether (sulfide) groups is 1. The minimum Gasteiger partial charge on any atom is -0.496 e. The molecule has 2 rings (SSSR count). The fraction of sp³-hybridized carbons (Fsp3) is 0.188. The molecule has 0 fully saturated rings. The first-order valence-corrected chi connectivity index (χ1v) is 8.86. The molecule has 0 spiro atoms. The van der Waals surface area contributed by atoms with Gasteiger partial charge in [-0.25, -0.2) is 0 Å². The number of nitrogens with one attached hydrogen (secondary N) is 1. The number of hydrogen-bond donors (Lipinski definition) is 1. The van der Waals surface area contributed by atoms with Crippen molar-refractivity contribution < 1.29 is 9.53 Å². The third-order valence-electron chi connectivity index (χ3n) is 2.86. The largest absolute Gasteiger partial charge is 0.496 e. The fourth-order valence-corrected chi connectivity index (χ4v) is 3.11. The van der Waals surface area contributed by atoms with E-state index in [0.717, 1.165) is 21.5 Å². The molecular formula is C16H15BrClNO2S. The third kappa shape index (κ3) is 5.23. The highest BCUT2D eigenvalue weighted by atomic mass is 79.9. The Morgan fingerprint density at radius 3 is 2.68 bits per heavy atom. The monoisotopic (exact) mass is 399 g/mol. The summed E-state index contributed by atoms with van der Waals surface area (Å²) in [7, 11) is 1.62. The van der Waals surface area contributed by atoms with Gasteiger partial charge in [-0.2, -0.15) is 0 Å². The third-order valence-corrected chi connectivity index (χ3v) is 4.61. The Hall–Kier alpha value is -1.17. The number of benzene rings is 2. The Labute approximate surface area is 147 Å². The summed E-state index contributed by atoms with van der Waals surface area (Å²) in [6.45, 7) is 0. The normalized spacial score (nSPS) is 10.3. The van der Waals surface area contributed by atoms with Gasteiger partial charge in [0, 0.05) is 26.5 Å². The van der Waals surface area contributed by atoms with Crippen molar-refractivity contribution in [3.05, 3.63) is 57.5 Å². The summed E-state index contributed by atoms with van der Waals surface area (Å²) < 4.78 is 6.27. The molecule has 0 radical (unpaired) electrons. The molecule has 0 atom stereocenters. The predicted molar refractivity (Wildman–Crippen MR) is 96.9 cm³/mol. The van der Waals surface area contributed by atoms with Crippen LogP contribution in [0.25, 0.3) is 0 Å². The average Bonchev–Trinajstić information content (AvgIpc) is 2.50. The molecule has 0 heterocycles. The zero-order valence-electron chi connectivity index (χ0n) is 11.9. The van der Waals surface area contributed by atoms with Crippen molar-refractivity contribution >= 4 is 50.9 Å². The highest BCUT2D eigenvalue weighted by molar-refractivity contribution is 9.10. The lowest BCUT2D eigenvalue weighted by atomic mass is 10.2. The zero-order chi connectivity index (χ0) is 15.9. The van der Waals surface area contributed by atoms with E-state index in [1.165, 1.54) is 11.8 Å². The van der Waals surface area contributed by atoms with Gasteiger partial charge in [0.2, 0.25) is 5.91 Å². The molecule has 0 aliphatic carbocycles. The number of amides is 1. The molecule has 0 saturated heterocycles. The van der Waals surface area contributed by atoms with Crippen LogP contribution in [0.1, 0.15) is 5.56 Å². The Morgan fingerprint density at radius 2 is 2.00 bits per heavy atom. The highest BCUT2D eigenvalue weighted by Crippen LogP contribution is 2.26. The predicted octanol–water partition coefficient (Wildman–Crippen LogP) is 4.98. The molecule has 0 unspecified atom stereocenters. The summed E-state index contributed by atoms with van der Waals surface area (Å²) in [4.78, 5) is 11.9. The molecule has 0 aliphatic heterocycles. The summed E-state index contributed by atoms with van der Waals surface area (Å²) >= 11 is 10.9. The van der Waals surface area contributed by atoms with Crippen LogP contribution < -0.4 is 10.1 Å². The van der Waals surface area contributed by atoms with Gasteiger partial charge in [-0.3, -0.25) is 4.79 Å². The average molecular weight is 401 g/mol. The van der Waals surface area contributed by atoms with Crippen LogP contribution in [0.3, 0.4) is 0 Å². The van der Waals surface area contributed by atoms with Crippen LogP contribution in [-0.4, -0.2) is 18.8 Å². The summed E-state index contributed by atoms with van der Waals surface area (Å²) in [6, 6.07) is 13.0. The number of rotatable bonds is 6. The fourth-order valence-electron chi connectivity index (χ4n) is 1.84. The number of methoxy groups -OCH3 is 1. The van der Waals surface area contributed by atoms with Gasteiger partial charge in [0.25, 0.3) is 0 Å². The van der Waals surface area contributed by atoms with E-state index in [2.05, 4.69) is 21.2 Å². The van der Waals surface area contributed by atoms with E-state index < -0.39 is 0 Å². The molecular weight excluding hydrogens is 386 g/mol. The van der Waals surface area contributed by atoms with Crippen molar-refractivity contribution in [1.29, 1.82) is 0 Å². The lowest BCUT2D eigenvalue weighted by Gasteiger charge is -2.09. The smallest absolute Gasteiger partial charge is 0.234 e. The van der Waals surface area contributed by atoms with E-state index in [-0.39, 0.29) is 5.91 Å². The van der Waals surface area contributed by atoms with Gasteiger partial charge in [-0.15, -0.1) is 11.8 Å². The van der Waals surface area contributed by atoms with Crippen LogP contribution >= 0.6 is 39.3 Å². The quantitative estimate of drug-likeness (QED) is 0.743. The molecule has 1 amide bonds. The van der Waals surface area contributed by atoms with E-state index in [4.69, 9.17) is 16.3 Å². The first-order valence-electron chi connectivity index (χ1n) is 6.54. The van der Waals surface area contributed by atoms with Gasteiger partial charge in [-0.05, 0) is 42.5 Å². The number of carbonyl (C=O) groups is 1. The van der Waals surface area contributed by atoms with Crippen molar-refractivity contribution in [2.45, 2.75) is 5.75 Å². The summed E-state index contributed by atoms with van der Waals surface area (Å²) in [6.07, 6.45) is 0. The van der Waals surface area contributed by atoms with E-state index in [1.54, 1.807) is 13.2 Å².